The zero-order chi connectivity index (χ0) is 21.5. The minimum Gasteiger partial charge on any atom is -0.353 e. The van der Waals surface area contributed by atoms with Crippen LogP contribution in [0.2, 0.25) is 0 Å². The molecule has 3 aliphatic heterocycles. The lowest BCUT2D eigenvalue weighted by atomic mass is 9.99. The van der Waals surface area contributed by atoms with E-state index in [1.165, 1.54) is 0 Å². The lowest BCUT2D eigenvalue weighted by Gasteiger charge is -2.41. The molecule has 0 atom stereocenters. The zero-order valence-electron chi connectivity index (χ0n) is 17.7. The van der Waals surface area contributed by atoms with E-state index < -0.39 is 15.6 Å². The van der Waals surface area contributed by atoms with Gasteiger partial charge >= 0.3 is 0 Å². The van der Waals surface area contributed by atoms with Gasteiger partial charge in [-0.3, -0.25) is 14.5 Å². The topological polar surface area (TPSA) is 90.0 Å². The van der Waals surface area contributed by atoms with Crippen LogP contribution in [0.5, 0.6) is 0 Å². The van der Waals surface area contributed by atoms with Crippen molar-refractivity contribution in [3.8, 4) is 0 Å². The van der Waals surface area contributed by atoms with E-state index in [0.717, 1.165) is 30.5 Å². The highest BCUT2D eigenvalue weighted by Gasteiger charge is 2.39. The van der Waals surface area contributed by atoms with E-state index in [4.69, 9.17) is 0 Å². The third-order valence-electron chi connectivity index (χ3n) is 6.54. The fourth-order valence-corrected chi connectivity index (χ4v) is 6.09. The Morgan fingerprint density at radius 2 is 1.83 bits per heavy atom. The number of hydrogen-bond donors (Lipinski definition) is 1. The number of amides is 2. The highest BCUT2D eigenvalue weighted by atomic mass is 32.2. The molecule has 1 aromatic carbocycles. The Bertz CT molecular complexity index is 954. The molecule has 0 aromatic heterocycles. The molecular formula is C21H30N4O4S. The maximum atomic E-state index is 13.0. The van der Waals surface area contributed by atoms with E-state index in [1.54, 1.807) is 27.4 Å². The Kier molecular flexibility index (Phi) is 5.63. The molecule has 0 spiro atoms. The Balaban J connectivity index is 1.51. The van der Waals surface area contributed by atoms with Crippen LogP contribution in [0.15, 0.2) is 23.1 Å². The van der Waals surface area contributed by atoms with Crippen molar-refractivity contribution in [1.82, 2.24) is 14.5 Å². The Morgan fingerprint density at radius 3 is 2.57 bits per heavy atom. The molecule has 0 aliphatic carbocycles. The second-order valence-electron chi connectivity index (χ2n) is 8.79. The largest absolute Gasteiger partial charge is 0.353 e. The van der Waals surface area contributed by atoms with Crippen molar-refractivity contribution in [1.29, 1.82) is 0 Å². The van der Waals surface area contributed by atoms with Gasteiger partial charge < -0.3 is 10.2 Å². The number of nitrogens with zero attached hydrogens (tertiary/aromatic N) is 3. The monoisotopic (exact) mass is 434 g/mol. The van der Waals surface area contributed by atoms with Gasteiger partial charge in [0.1, 0.15) is 0 Å². The van der Waals surface area contributed by atoms with Gasteiger partial charge in [0.05, 0.1) is 17.0 Å². The normalized spacial score (nSPS) is 22.6. The second kappa shape index (κ2) is 7.94. The molecule has 9 heteroatoms. The van der Waals surface area contributed by atoms with Gasteiger partial charge in [0.2, 0.25) is 21.8 Å². The van der Waals surface area contributed by atoms with Gasteiger partial charge in [0, 0.05) is 38.4 Å². The van der Waals surface area contributed by atoms with Crippen molar-refractivity contribution in [3.63, 3.8) is 0 Å². The standard InChI is InChI=1S/C21H30N4O4S/c1-21(2)20(27)22-9-13-23(21)15-19(26)25-12-8-16-14-17(6-7-18(16)25)30(28,29)24-10-4-3-5-11-24/h6-7,14H,3-5,8-13,15H2,1-2H3,(H,22,27). The predicted molar refractivity (Wildman–Crippen MR) is 114 cm³/mol. The van der Waals surface area contributed by atoms with Crippen LogP contribution in [0.4, 0.5) is 5.69 Å². The predicted octanol–water partition coefficient (Wildman–Crippen LogP) is 0.961. The lowest BCUT2D eigenvalue weighted by Crippen LogP contribution is -2.63. The molecule has 2 fully saturated rings. The molecule has 30 heavy (non-hydrogen) atoms. The number of fused-ring (bicyclic) bond motifs is 1. The van der Waals surface area contributed by atoms with Gasteiger partial charge in [-0.15, -0.1) is 0 Å². The van der Waals surface area contributed by atoms with Crippen molar-refractivity contribution >= 4 is 27.5 Å². The minimum atomic E-state index is -3.49. The van der Waals surface area contributed by atoms with Crippen LogP contribution >= 0.6 is 0 Å². The number of rotatable bonds is 4. The summed E-state index contributed by atoms with van der Waals surface area (Å²) in [6.07, 6.45) is 3.51. The quantitative estimate of drug-likeness (QED) is 0.762. The maximum absolute atomic E-state index is 13.0. The molecule has 164 valence electrons. The number of carbonyl (C=O) groups is 2. The van der Waals surface area contributed by atoms with Crippen molar-refractivity contribution in [2.45, 2.75) is 50.0 Å². The SMILES string of the molecule is CC1(C)C(=O)NCCN1CC(=O)N1CCc2cc(S(=O)(=O)N3CCCCC3)ccc21. The summed E-state index contributed by atoms with van der Waals surface area (Å²) in [6, 6.07) is 5.10. The van der Waals surface area contributed by atoms with Crippen LogP contribution in [0.3, 0.4) is 0 Å². The Morgan fingerprint density at radius 1 is 1.10 bits per heavy atom. The number of nitrogens with one attached hydrogen (secondary N) is 1. The van der Waals surface area contributed by atoms with Crippen molar-refractivity contribution in [2.24, 2.45) is 0 Å². The summed E-state index contributed by atoms with van der Waals surface area (Å²) in [5.41, 5.74) is 0.928. The average molecular weight is 435 g/mol. The smallest absolute Gasteiger partial charge is 0.243 e. The Labute approximate surface area is 178 Å². The first kappa shape index (κ1) is 21.3. The van der Waals surface area contributed by atoms with E-state index in [0.29, 0.717) is 44.0 Å². The number of anilines is 1. The lowest BCUT2D eigenvalue weighted by molar-refractivity contribution is -0.136. The Hall–Kier alpha value is -1.97. The first-order chi connectivity index (χ1) is 14.2. The molecule has 1 N–H and O–H groups in total. The molecule has 1 aromatic rings. The fraction of sp³-hybridized carbons (Fsp3) is 0.619. The number of benzene rings is 1. The minimum absolute atomic E-state index is 0.0665. The van der Waals surface area contributed by atoms with E-state index in [1.807, 2.05) is 18.7 Å². The third-order valence-corrected chi connectivity index (χ3v) is 8.43. The summed E-state index contributed by atoms with van der Waals surface area (Å²) in [7, 11) is -3.49. The first-order valence-corrected chi connectivity index (χ1v) is 12.1. The summed E-state index contributed by atoms with van der Waals surface area (Å²) >= 11 is 0. The number of carbonyl (C=O) groups excluding carboxylic acids is 2. The molecule has 0 bridgehead atoms. The zero-order valence-corrected chi connectivity index (χ0v) is 18.5. The summed E-state index contributed by atoms with van der Waals surface area (Å²) in [4.78, 5) is 29.1. The number of piperazine rings is 1. The number of piperidine rings is 1. The third kappa shape index (κ3) is 3.74. The van der Waals surface area contributed by atoms with E-state index in [2.05, 4.69) is 5.32 Å². The first-order valence-electron chi connectivity index (χ1n) is 10.7. The summed E-state index contributed by atoms with van der Waals surface area (Å²) in [6.45, 7) is 6.64. The fourth-order valence-electron chi connectivity index (χ4n) is 4.52. The molecule has 4 rings (SSSR count). The summed E-state index contributed by atoms with van der Waals surface area (Å²) in [5, 5.41) is 2.84. The van der Waals surface area contributed by atoms with Crippen LogP contribution in [0.25, 0.3) is 0 Å². The molecule has 2 saturated heterocycles. The molecule has 8 nitrogen and oxygen atoms in total. The molecule has 0 radical (unpaired) electrons. The van der Waals surface area contributed by atoms with Gasteiger partial charge in [0.15, 0.2) is 0 Å². The second-order valence-corrected chi connectivity index (χ2v) is 10.7. The molecule has 2 amide bonds. The molecule has 0 saturated carbocycles. The van der Waals surface area contributed by atoms with Crippen LogP contribution in [0.1, 0.15) is 38.7 Å². The van der Waals surface area contributed by atoms with Crippen LogP contribution in [-0.4, -0.2) is 74.2 Å². The van der Waals surface area contributed by atoms with Crippen LogP contribution < -0.4 is 10.2 Å². The summed E-state index contributed by atoms with van der Waals surface area (Å²) < 4.78 is 27.5. The molecule has 3 heterocycles. The molecule has 3 aliphatic rings. The maximum Gasteiger partial charge on any atom is 0.243 e. The highest BCUT2D eigenvalue weighted by Crippen LogP contribution is 2.32. The van der Waals surface area contributed by atoms with E-state index in [-0.39, 0.29) is 18.4 Å². The van der Waals surface area contributed by atoms with Gasteiger partial charge in [-0.25, -0.2) is 8.42 Å². The van der Waals surface area contributed by atoms with Crippen molar-refractivity contribution in [3.05, 3.63) is 23.8 Å². The summed E-state index contributed by atoms with van der Waals surface area (Å²) in [5.74, 6) is -0.140. The van der Waals surface area contributed by atoms with Gasteiger partial charge in [-0.2, -0.15) is 4.31 Å². The van der Waals surface area contributed by atoms with Crippen molar-refractivity contribution in [2.75, 3.05) is 44.2 Å². The van der Waals surface area contributed by atoms with Gasteiger partial charge in [-0.05, 0) is 56.9 Å². The van der Waals surface area contributed by atoms with Crippen LogP contribution in [-0.2, 0) is 26.0 Å². The van der Waals surface area contributed by atoms with E-state index >= 15 is 0 Å². The van der Waals surface area contributed by atoms with Crippen molar-refractivity contribution < 1.29 is 18.0 Å². The molecule has 0 unspecified atom stereocenters. The number of hydrogen-bond acceptors (Lipinski definition) is 5. The van der Waals surface area contributed by atoms with Gasteiger partial charge in [0.25, 0.3) is 0 Å². The average Bonchev–Trinajstić information content (AvgIpc) is 3.16. The molecular weight excluding hydrogens is 404 g/mol. The van der Waals surface area contributed by atoms with E-state index in [9.17, 15) is 18.0 Å². The van der Waals surface area contributed by atoms with Gasteiger partial charge in [-0.1, -0.05) is 6.42 Å². The van der Waals surface area contributed by atoms with Crippen LogP contribution in [0, 0.1) is 0 Å². The highest BCUT2D eigenvalue weighted by molar-refractivity contribution is 7.89. The number of sulfonamides is 1.